The maximum absolute atomic E-state index is 12.2. The third-order valence-corrected chi connectivity index (χ3v) is 3.39. The Morgan fingerprint density at radius 2 is 1.87 bits per heavy atom. The predicted molar refractivity (Wildman–Crippen MR) is 92.4 cm³/mol. The molecule has 0 unspecified atom stereocenters. The van der Waals surface area contributed by atoms with Crippen LogP contribution in [0.15, 0.2) is 30.3 Å². The van der Waals surface area contributed by atoms with Gasteiger partial charge in [0.1, 0.15) is 18.2 Å². The molecule has 0 aliphatic heterocycles. The van der Waals surface area contributed by atoms with Crippen LogP contribution in [0.2, 0.25) is 0 Å². The van der Waals surface area contributed by atoms with E-state index in [0.717, 1.165) is 17.3 Å². The van der Waals surface area contributed by atoms with Gasteiger partial charge in [-0.1, -0.05) is 46.3 Å². The Labute approximate surface area is 145 Å². The summed E-state index contributed by atoms with van der Waals surface area (Å²) in [6, 6.07) is 8.69. The predicted octanol–water partition coefficient (Wildman–Crippen LogP) is 3.80. The number of halogens is 1. The lowest BCUT2D eigenvalue weighted by Crippen LogP contribution is -2.44. The zero-order chi connectivity index (χ0) is 17.3. The molecule has 1 aromatic rings. The van der Waals surface area contributed by atoms with Crippen LogP contribution in [-0.4, -0.2) is 29.0 Å². The molecule has 0 saturated carbocycles. The Hall–Kier alpha value is -1.56. The third kappa shape index (κ3) is 8.59. The first-order valence-electron chi connectivity index (χ1n) is 7.58. The molecule has 0 saturated heterocycles. The molecule has 6 heteroatoms. The monoisotopic (exact) mass is 385 g/mol. The van der Waals surface area contributed by atoms with Crippen molar-refractivity contribution in [2.24, 2.45) is 0 Å². The summed E-state index contributed by atoms with van der Waals surface area (Å²) in [6.07, 6.45) is 0.604. The molecule has 5 nitrogen and oxygen atoms in total. The Kier molecular flexibility index (Phi) is 8.09. The molecule has 1 aromatic carbocycles. The van der Waals surface area contributed by atoms with Gasteiger partial charge in [-0.05, 0) is 39.2 Å². The first-order chi connectivity index (χ1) is 10.8. The van der Waals surface area contributed by atoms with Crippen molar-refractivity contribution in [3.63, 3.8) is 0 Å². The van der Waals surface area contributed by atoms with Crippen molar-refractivity contribution >= 4 is 28.0 Å². The van der Waals surface area contributed by atoms with E-state index in [-0.39, 0.29) is 6.61 Å². The van der Waals surface area contributed by atoms with Crippen molar-refractivity contribution in [3.05, 3.63) is 35.9 Å². The van der Waals surface area contributed by atoms with E-state index in [1.165, 1.54) is 0 Å². The van der Waals surface area contributed by atoms with E-state index in [1.807, 2.05) is 30.3 Å². The van der Waals surface area contributed by atoms with Gasteiger partial charge in [-0.2, -0.15) is 0 Å². The molecule has 0 aliphatic carbocycles. The van der Waals surface area contributed by atoms with E-state index in [0.29, 0.717) is 6.42 Å². The van der Waals surface area contributed by atoms with Crippen molar-refractivity contribution < 1.29 is 19.1 Å². The summed E-state index contributed by atoms with van der Waals surface area (Å²) in [4.78, 5) is 24.1. The zero-order valence-electron chi connectivity index (χ0n) is 13.8. The number of ether oxygens (including phenoxy) is 2. The number of carbonyl (C=O) groups excluding carboxylic acids is 2. The lowest BCUT2D eigenvalue weighted by atomic mass is 10.1. The van der Waals surface area contributed by atoms with Crippen LogP contribution in [0.5, 0.6) is 0 Å². The summed E-state index contributed by atoms with van der Waals surface area (Å²) >= 11 is 3.32. The fourth-order valence-electron chi connectivity index (χ4n) is 1.81. The minimum absolute atomic E-state index is 0.181. The molecular formula is C17H24BrNO4. The van der Waals surface area contributed by atoms with E-state index in [1.54, 1.807) is 20.8 Å². The van der Waals surface area contributed by atoms with Crippen LogP contribution in [0.3, 0.4) is 0 Å². The number of alkyl carbamates (subject to hydrolysis) is 1. The van der Waals surface area contributed by atoms with E-state index >= 15 is 0 Å². The van der Waals surface area contributed by atoms with Crippen LogP contribution in [0.4, 0.5) is 4.79 Å². The highest BCUT2D eigenvalue weighted by Gasteiger charge is 2.25. The topological polar surface area (TPSA) is 64.6 Å². The summed E-state index contributed by atoms with van der Waals surface area (Å²) in [5, 5.41) is 3.33. The lowest BCUT2D eigenvalue weighted by Gasteiger charge is -2.22. The highest BCUT2D eigenvalue weighted by molar-refractivity contribution is 9.09. The molecule has 1 N–H and O–H groups in total. The molecule has 0 spiro atoms. The van der Waals surface area contributed by atoms with Gasteiger partial charge in [0.2, 0.25) is 0 Å². The molecule has 128 valence electrons. The minimum atomic E-state index is -0.717. The van der Waals surface area contributed by atoms with Crippen LogP contribution in [0.25, 0.3) is 0 Å². The Morgan fingerprint density at radius 3 is 2.43 bits per heavy atom. The minimum Gasteiger partial charge on any atom is -0.459 e. The van der Waals surface area contributed by atoms with Crippen LogP contribution in [0, 0.1) is 0 Å². The Morgan fingerprint density at radius 1 is 1.22 bits per heavy atom. The normalized spacial score (nSPS) is 12.3. The van der Waals surface area contributed by atoms with Crippen molar-refractivity contribution in [3.8, 4) is 0 Å². The highest BCUT2D eigenvalue weighted by Crippen LogP contribution is 2.10. The first kappa shape index (κ1) is 19.5. The number of hydrogen-bond acceptors (Lipinski definition) is 4. The lowest BCUT2D eigenvalue weighted by molar-refractivity contribution is -0.147. The Balaban J connectivity index is 2.57. The number of rotatable bonds is 7. The van der Waals surface area contributed by atoms with Gasteiger partial charge in [0, 0.05) is 5.33 Å². The number of esters is 1. The maximum Gasteiger partial charge on any atom is 0.408 e. The average molecular weight is 386 g/mol. The SMILES string of the molecule is CC(C)(C)OC(=O)N[C@H](CCCBr)C(=O)OCc1ccccc1. The molecule has 0 fully saturated rings. The summed E-state index contributed by atoms with van der Waals surface area (Å²) in [7, 11) is 0. The quantitative estimate of drug-likeness (QED) is 0.572. The van der Waals surface area contributed by atoms with Gasteiger partial charge in [0.05, 0.1) is 0 Å². The van der Waals surface area contributed by atoms with Gasteiger partial charge >= 0.3 is 12.1 Å². The molecule has 0 heterocycles. The molecular weight excluding hydrogens is 362 g/mol. The molecule has 1 rings (SSSR count). The summed E-state index contributed by atoms with van der Waals surface area (Å²) < 4.78 is 10.5. The maximum atomic E-state index is 12.2. The van der Waals surface area contributed by atoms with Crippen LogP contribution < -0.4 is 5.32 Å². The second-order valence-corrected chi connectivity index (χ2v) is 6.92. The van der Waals surface area contributed by atoms with Gasteiger partial charge in [-0.15, -0.1) is 0 Å². The van der Waals surface area contributed by atoms with Crippen LogP contribution in [0.1, 0.15) is 39.2 Å². The number of hydrogen-bond donors (Lipinski definition) is 1. The molecule has 0 aliphatic rings. The fourth-order valence-corrected chi connectivity index (χ4v) is 2.13. The number of alkyl halides is 1. The largest absolute Gasteiger partial charge is 0.459 e. The van der Waals surface area contributed by atoms with Gasteiger partial charge in [0.25, 0.3) is 0 Å². The van der Waals surface area contributed by atoms with E-state index in [9.17, 15) is 9.59 Å². The summed E-state index contributed by atoms with van der Waals surface area (Å²) in [5.74, 6) is -0.458. The van der Waals surface area contributed by atoms with Crippen LogP contribution >= 0.6 is 15.9 Å². The number of benzene rings is 1. The fraction of sp³-hybridized carbons (Fsp3) is 0.529. The van der Waals surface area contributed by atoms with Crippen molar-refractivity contribution in [1.29, 1.82) is 0 Å². The Bertz CT molecular complexity index is 499. The second-order valence-electron chi connectivity index (χ2n) is 6.12. The van der Waals surface area contributed by atoms with Gasteiger partial charge < -0.3 is 14.8 Å². The smallest absolute Gasteiger partial charge is 0.408 e. The van der Waals surface area contributed by atoms with Gasteiger partial charge in [-0.25, -0.2) is 9.59 Å². The van der Waals surface area contributed by atoms with Gasteiger partial charge in [0.15, 0.2) is 0 Å². The van der Waals surface area contributed by atoms with Gasteiger partial charge in [-0.3, -0.25) is 0 Å². The number of carbonyl (C=O) groups is 2. The number of amides is 1. The molecule has 0 aromatic heterocycles. The first-order valence-corrected chi connectivity index (χ1v) is 8.70. The third-order valence-electron chi connectivity index (χ3n) is 2.83. The highest BCUT2D eigenvalue weighted by atomic mass is 79.9. The van der Waals surface area contributed by atoms with Crippen molar-refractivity contribution in [2.75, 3.05) is 5.33 Å². The zero-order valence-corrected chi connectivity index (χ0v) is 15.4. The summed E-state index contributed by atoms with van der Waals surface area (Å²) in [6.45, 7) is 5.50. The molecule has 1 atom stereocenters. The molecule has 0 bridgehead atoms. The average Bonchev–Trinajstić information content (AvgIpc) is 2.48. The molecule has 23 heavy (non-hydrogen) atoms. The second kappa shape index (κ2) is 9.55. The van der Waals surface area contributed by atoms with Crippen LogP contribution in [-0.2, 0) is 20.9 Å². The van der Waals surface area contributed by atoms with Crippen molar-refractivity contribution in [1.82, 2.24) is 5.32 Å². The molecule has 1 amide bonds. The summed E-state index contributed by atoms with van der Waals surface area (Å²) in [5.41, 5.74) is 0.287. The molecule has 0 radical (unpaired) electrons. The van der Waals surface area contributed by atoms with E-state index in [2.05, 4.69) is 21.2 Å². The van der Waals surface area contributed by atoms with Crippen molar-refractivity contribution in [2.45, 2.75) is 51.9 Å². The standard InChI is InChI=1S/C17H24BrNO4/c1-17(2,3)23-16(21)19-14(10-7-11-18)15(20)22-12-13-8-5-4-6-9-13/h4-6,8-9,14H,7,10-12H2,1-3H3,(H,19,21)/t14-/m1/s1. The number of nitrogens with one attached hydrogen (secondary N) is 1. The van der Waals surface area contributed by atoms with E-state index in [4.69, 9.17) is 9.47 Å². The van der Waals surface area contributed by atoms with E-state index < -0.39 is 23.7 Å².